The number of amides is 4. The van der Waals surface area contributed by atoms with Crippen LogP contribution in [0.1, 0.15) is 26.7 Å². The van der Waals surface area contributed by atoms with Crippen LogP contribution >= 0.6 is 0 Å². The lowest BCUT2D eigenvalue weighted by atomic mass is 10.1. The molecule has 0 unspecified atom stereocenters. The summed E-state index contributed by atoms with van der Waals surface area (Å²) in [6, 6.07) is -4.97. The van der Waals surface area contributed by atoms with Crippen molar-refractivity contribution < 1.29 is 39.3 Å². The Bertz CT molecular complexity index is 671. The predicted molar refractivity (Wildman–Crippen MR) is 102 cm³/mol. The average Bonchev–Trinajstić information content (AvgIpc) is 3.18. The summed E-state index contributed by atoms with van der Waals surface area (Å²) in [6.45, 7) is 1.63. The number of carbonyl (C=O) groups is 5. The van der Waals surface area contributed by atoms with Crippen molar-refractivity contribution in [2.24, 2.45) is 5.73 Å². The molecule has 5 atom stereocenters. The quantitative estimate of drug-likeness (QED) is 0.179. The molecule has 0 aromatic rings. The molecule has 13 heteroatoms. The fraction of sp³-hybridized carbons (Fsp3) is 0.706. The molecular weight excluding hydrogens is 402 g/mol. The number of likely N-dealkylation sites (tertiary alicyclic amines) is 1. The molecular formula is C17H29N5O8. The number of aliphatic hydroxyl groups is 2. The van der Waals surface area contributed by atoms with Crippen LogP contribution in [0.25, 0.3) is 0 Å². The number of nitrogens with zero attached hydrogens (tertiary/aromatic N) is 1. The number of carboxylic acid groups (broad SMARTS) is 1. The molecule has 1 saturated heterocycles. The second-order valence-corrected chi connectivity index (χ2v) is 6.99. The average molecular weight is 431 g/mol. The molecule has 0 spiro atoms. The number of carboxylic acids is 1. The highest BCUT2D eigenvalue weighted by Crippen LogP contribution is 2.18. The minimum Gasteiger partial charge on any atom is -0.480 e. The molecule has 0 saturated carbocycles. The van der Waals surface area contributed by atoms with Gasteiger partial charge in [0, 0.05) is 6.54 Å². The van der Waals surface area contributed by atoms with Crippen LogP contribution in [-0.2, 0) is 24.0 Å². The molecule has 1 heterocycles. The van der Waals surface area contributed by atoms with Crippen molar-refractivity contribution in [2.75, 3.05) is 19.7 Å². The van der Waals surface area contributed by atoms with Crippen molar-refractivity contribution in [1.29, 1.82) is 0 Å². The Morgan fingerprint density at radius 3 is 2.23 bits per heavy atom. The molecule has 0 aliphatic carbocycles. The van der Waals surface area contributed by atoms with E-state index in [0.29, 0.717) is 12.8 Å². The first-order valence-electron chi connectivity index (χ1n) is 9.45. The van der Waals surface area contributed by atoms with E-state index in [1.165, 1.54) is 13.8 Å². The van der Waals surface area contributed by atoms with Gasteiger partial charge in [0.05, 0.1) is 19.3 Å². The lowest BCUT2D eigenvalue weighted by Gasteiger charge is -2.28. The molecule has 0 aromatic carbocycles. The zero-order valence-corrected chi connectivity index (χ0v) is 16.8. The van der Waals surface area contributed by atoms with E-state index in [0.717, 1.165) is 4.90 Å². The predicted octanol–water partition coefficient (Wildman–Crippen LogP) is -4.13. The van der Waals surface area contributed by atoms with E-state index in [2.05, 4.69) is 16.0 Å². The Kier molecular flexibility index (Phi) is 9.62. The molecule has 13 nitrogen and oxygen atoms in total. The van der Waals surface area contributed by atoms with Crippen LogP contribution < -0.4 is 21.7 Å². The molecule has 1 aliphatic heterocycles. The van der Waals surface area contributed by atoms with Crippen LogP contribution in [0.15, 0.2) is 0 Å². The van der Waals surface area contributed by atoms with Crippen molar-refractivity contribution in [3.63, 3.8) is 0 Å². The van der Waals surface area contributed by atoms with E-state index in [9.17, 15) is 39.3 Å². The van der Waals surface area contributed by atoms with E-state index < -0.39 is 73.0 Å². The maximum absolute atomic E-state index is 12.5. The van der Waals surface area contributed by atoms with Gasteiger partial charge in [-0.05, 0) is 26.7 Å². The minimum atomic E-state index is -1.49. The third-order valence-corrected chi connectivity index (χ3v) is 4.63. The fourth-order valence-corrected chi connectivity index (χ4v) is 3.01. The summed E-state index contributed by atoms with van der Waals surface area (Å²) < 4.78 is 0. The highest BCUT2D eigenvalue weighted by Gasteiger charge is 2.37. The number of carbonyl (C=O) groups excluding carboxylic acids is 4. The zero-order valence-electron chi connectivity index (χ0n) is 16.8. The summed E-state index contributed by atoms with van der Waals surface area (Å²) in [7, 11) is 0. The topological polar surface area (TPSA) is 211 Å². The first kappa shape index (κ1) is 25.3. The van der Waals surface area contributed by atoms with Crippen LogP contribution in [-0.4, -0.2) is 99.8 Å². The molecule has 1 aliphatic rings. The molecule has 0 radical (unpaired) electrons. The summed E-state index contributed by atoms with van der Waals surface area (Å²) >= 11 is 0. The maximum Gasteiger partial charge on any atom is 0.326 e. The van der Waals surface area contributed by atoms with Crippen molar-refractivity contribution in [3.8, 4) is 0 Å². The van der Waals surface area contributed by atoms with Gasteiger partial charge in [0.25, 0.3) is 0 Å². The number of hydrogen-bond donors (Lipinski definition) is 7. The van der Waals surface area contributed by atoms with Crippen LogP contribution in [0.4, 0.5) is 0 Å². The van der Waals surface area contributed by atoms with E-state index in [4.69, 9.17) is 5.73 Å². The summed E-state index contributed by atoms with van der Waals surface area (Å²) in [4.78, 5) is 61.0. The first-order valence-corrected chi connectivity index (χ1v) is 9.45. The van der Waals surface area contributed by atoms with Crippen molar-refractivity contribution >= 4 is 29.6 Å². The molecule has 30 heavy (non-hydrogen) atoms. The number of aliphatic hydroxyl groups excluding tert-OH is 2. The molecule has 0 aromatic heterocycles. The summed E-state index contributed by atoms with van der Waals surface area (Å²) in [5, 5.41) is 35.0. The lowest BCUT2D eigenvalue weighted by Crippen LogP contribution is -2.60. The summed E-state index contributed by atoms with van der Waals surface area (Å²) in [6.07, 6.45) is -0.544. The standard InChI is InChI=1S/C17H29N5O8/c1-8(16(28)22-5-3-4-11(22)17(29)30)19-15(27)13(9(2)24)21-14(26)10(7-23)20-12(25)6-18/h8-11,13,23-24H,3-7,18H2,1-2H3,(H,19,27)(H,20,25)(H,21,26)(H,29,30)/t8-,9+,10-,11-,13-/m0/s1. The minimum absolute atomic E-state index is 0.242. The second-order valence-electron chi connectivity index (χ2n) is 6.99. The van der Waals surface area contributed by atoms with Gasteiger partial charge < -0.3 is 41.9 Å². The zero-order chi connectivity index (χ0) is 23.0. The fourth-order valence-electron chi connectivity index (χ4n) is 3.01. The van der Waals surface area contributed by atoms with E-state index in [1.54, 1.807) is 0 Å². The number of hydrogen-bond acceptors (Lipinski definition) is 8. The van der Waals surface area contributed by atoms with E-state index in [1.807, 2.05) is 0 Å². The third kappa shape index (κ3) is 6.64. The Morgan fingerprint density at radius 1 is 1.10 bits per heavy atom. The Morgan fingerprint density at radius 2 is 1.73 bits per heavy atom. The molecule has 4 amide bonds. The number of nitrogens with two attached hydrogens (primary N) is 1. The highest BCUT2D eigenvalue weighted by atomic mass is 16.4. The SMILES string of the molecule is C[C@H](NC(=O)[C@@H](NC(=O)[C@H](CO)NC(=O)CN)[C@@H](C)O)C(=O)N1CCC[C@H]1C(=O)O. The van der Waals surface area contributed by atoms with Gasteiger partial charge in [0.2, 0.25) is 23.6 Å². The van der Waals surface area contributed by atoms with Crippen molar-refractivity contribution in [2.45, 2.75) is 57.0 Å². The van der Waals surface area contributed by atoms with Gasteiger partial charge >= 0.3 is 5.97 Å². The molecule has 0 bridgehead atoms. The number of aliphatic carboxylic acids is 1. The van der Waals surface area contributed by atoms with Gasteiger partial charge in [0.1, 0.15) is 24.2 Å². The number of rotatable bonds is 10. The monoisotopic (exact) mass is 431 g/mol. The largest absolute Gasteiger partial charge is 0.480 e. The Hall–Kier alpha value is -2.77. The summed E-state index contributed by atoms with van der Waals surface area (Å²) in [5.74, 6) is -4.28. The summed E-state index contributed by atoms with van der Waals surface area (Å²) in [5.41, 5.74) is 5.13. The van der Waals surface area contributed by atoms with Gasteiger partial charge in [-0.15, -0.1) is 0 Å². The molecule has 8 N–H and O–H groups in total. The van der Waals surface area contributed by atoms with Crippen LogP contribution in [0.2, 0.25) is 0 Å². The van der Waals surface area contributed by atoms with Crippen molar-refractivity contribution in [1.82, 2.24) is 20.9 Å². The van der Waals surface area contributed by atoms with Crippen molar-refractivity contribution in [3.05, 3.63) is 0 Å². The normalized spacial score (nSPS) is 19.9. The highest BCUT2D eigenvalue weighted by molar-refractivity contribution is 5.95. The van der Waals surface area contributed by atoms with Gasteiger partial charge in [-0.3, -0.25) is 19.2 Å². The Labute approximate surface area is 173 Å². The lowest BCUT2D eigenvalue weighted by molar-refractivity contribution is -0.149. The van der Waals surface area contributed by atoms with Gasteiger partial charge in [-0.2, -0.15) is 0 Å². The van der Waals surface area contributed by atoms with E-state index >= 15 is 0 Å². The smallest absolute Gasteiger partial charge is 0.326 e. The first-order chi connectivity index (χ1) is 14.0. The molecule has 1 fully saturated rings. The number of nitrogens with one attached hydrogen (secondary N) is 3. The third-order valence-electron chi connectivity index (χ3n) is 4.63. The second kappa shape index (κ2) is 11.4. The van der Waals surface area contributed by atoms with Crippen LogP contribution in [0, 0.1) is 0 Å². The van der Waals surface area contributed by atoms with Gasteiger partial charge in [-0.25, -0.2) is 4.79 Å². The maximum atomic E-state index is 12.5. The van der Waals surface area contributed by atoms with Gasteiger partial charge in [0.15, 0.2) is 0 Å². The molecule has 1 rings (SSSR count). The Balaban J connectivity index is 2.79. The van der Waals surface area contributed by atoms with Crippen LogP contribution in [0.3, 0.4) is 0 Å². The van der Waals surface area contributed by atoms with Gasteiger partial charge in [-0.1, -0.05) is 0 Å². The molecule has 170 valence electrons. The van der Waals surface area contributed by atoms with Crippen LogP contribution in [0.5, 0.6) is 0 Å². The van der Waals surface area contributed by atoms with E-state index in [-0.39, 0.29) is 6.54 Å².